The number of aromatic amines is 1. The Balaban J connectivity index is 1.34. The van der Waals surface area contributed by atoms with Gasteiger partial charge in [0.2, 0.25) is 35.4 Å². The Labute approximate surface area is 396 Å². The molecule has 9 N–H and O–H groups in total. The van der Waals surface area contributed by atoms with Crippen molar-refractivity contribution in [2.45, 2.75) is 129 Å². The lowest BCUT2D eigenvalue weighted by molar-refractivity contribution is -0.142. The van der Waals surface area contributed by atoms with Gasteiger partial charge in [-0.25, -0.2) is 4.79 Å². The molecule has 0 fully saturated rings. The number of carbonyl (C=O) groups excluding carboxylic acids is 6. The van der Waals surface area contributed by atoms with E-state index in [0.717, 1.165) is 33.2 Å². The Morgan fingerprint density at radius 3 is 1.62 bits per heavy atom. The van der Waals surface area contributed by atoms with Crippen molar-refractivity contribution in [1.82, 2.24) is 36.9 Å². The number of aryl methyl sites for hydroxylation is 2. The molecular formula is C51H65N7O10. The Morgan fingerprint density at radius 1 is 0.603 bits per heavy atom. The third kappa shape index (κ3) is 12.9. The Hall–Kier alpha value is -7.04. The maximum atomic E-state index is 14.5. The summed E-state index contributed by atoms with van der Waals surface area (Å²) in [6.45, 7) is 11.6. The number of hydrogen-bond acceptors (Lipinski definition) is 8. The molecule has 0 spiro atoms. The van der Waals surface area contributed by atoms with E-state index < -0.39 is 114 Å². The molecule has 364 valence electrons. The Bertz CT molecular complexity index is 2440. The molecule has 6 amide bonds. The van der Waals surface area contributed by atoms with Gasteiger partial charge in [0, 0.05) is 36.4 Å². The predicted octanol–water partition coefficient (Wildman–Crippen LogP) is 3.88. The van der Waals surface area contributed by atoms with Gasteiger partial charge >= 0.3 is 11.9 Å². The van der Waals surface area contributed by atoms with E-state index in [1.807, 2.05) is 72.8 Å². The van der Waals surface area contributed by atoms with Crippen molar-refractivity contribution in [3.05, 3.63) is 107 Å². The smallest absolute Gasteiger partial charge is 0.326 e. The van der Waals surface area contributed by atoms with Crippen molar-refractivity contribution < 1.29 is 48.6 Å². The zero-order valence-corrected chi connectivity index (χ0v) is 39.7. The highest BCUT2D eigenvalue weighted by Crippen LogP contribution is 2.37. The predicted molar refractivity (Wildman–Crippen MR) is 255 cm³/mol. The summed E-state index contributed by atoms with van der Waals surface area (Å²) in [5.41, 5.74) is 5.17. The number of fused-ring (bicyclic) bond motifs is 3. The van der Waals surface area contributed by atoms with Crippen molar-refractivity contribution in [2.75, 3.05) is 0 Å². The lowest BCUT2D eigenvalue weighted by Crippen LogP contribution is -2.62. The minimum Gasteiger partial charge on any atom is -0.481 e. The van der Waals surface area contributed by atoms with E-state index in [0.29, 0.717) is 31.2 Å². The maximum absolute atomic E-state index is 14.5. The van der Waals surface area contributed by atoms with E-state index in [1.165, 1.54) is 6.92 Å². The van der Waals surface area contributed by atoms with Crippen LogP contribution in [0.1, 0.15) is 101 Å². The van der Waals surface area contributed by atoms with Crippen molar-refractivity contribution in [3.63, 3.8) is 0 Å². The molecule has 1 aromatic heterocycles. The molecule has 0 aliphatic heterocycles. The Kier molecular flexibility index (Phi) is 18.0. The number of benzene rings is 3. The van der Waals surface area contributed by atoms with Crippen LogP contribution in [0.2, 0.25) is 0 Å². The third-order valence-corrected chi connectivity index (χ3v) is 13.0. The zero-order chi connectivity index (χ0) is 49.8. The standard InChI is InChI=1S/C51H65N7O10/c1-8-28(5)43(48(64)55-39(51(67)68)24-33-26-52-37-21-15-14-18-34(33)37)58-49(65)44(29(6)9-2)57-46(62)38(25-40(60)61)54-47(63)42(27(3)4)56-50(66)45(53-30(7)59)41-35-19-12-10-16-31(35)22-23-32-17-11-13-20-36(32)41/h10-21,26-29,38-39,41-45,52H,8-9,22-25H2,1-7H3,(H,53,59)(H,54,63)(H,55,64)(H,56,66)(H,57,62)(H,58,65)(H,60,61)(H,67,68)/t28-,29-,38-,39-,42-,43-,44-,45+/m0/s1. The van der Waals surface area contributed by atoms with E-state index in [-0.39, 0.29) is 6.42 Å². The van der Waals surface area contributed by atoms with E-state index in [4.69, 9.17) is 0 Å². The van der Waals surface area contributed by atoms with Gasteiger partial charge in [0.05, 0.1) is 6.42 Å². The van der Waals surface area contributed by atoms with E-state index in [2.05, 4.69) is 36.9 Å². The first kappa shape index (κ1) is 51.9. The molecule has 8 atom stereocenters. The van der Waals surface area contributed by atoms with Crippen molar-refractivity contribution in [1.29, 1.82) is 0 Å². The van der Waals surface area contributed by atoms with Crippen molar-refractivity contribution >= 4 is 58.3 Å². The molecule has 4 aromatic rings. The Morgan fingerprint density at radius 2 is 1.09 bits per heavy atom. The molecule has 5 rings (SSSR count). The summed E-state index contributed by atoms with van der Waals surface area (Å²) in [6.07, 6.45) is 2.92. The lowest BCUT2D eigenvalue weighted by atomic mass is 9.81. The quantitative estimate of drug-likeness (QED) is 0.0549. The van der Waals surface area contributed by atoms with Crippen LogP contribution in [0.5, 0.6) is 0 Å². The number of para-hydroxylation sites is 1. The SMILES string of the molecule is CC[C@H](C)[C@H](NC(=O)[C@H](CC(=O)O)NC(=O)[C@@H](NC(=O)[C@H](NC(C)=O)C1c2ccccc2CCc2ccccc21)C(C)C)C(=O)N[C@H](C(=O)N[C@@H](Cc1c[nH]c2ccccc12)C(=O)O)[C@@H](C)CC. The summed E-state index contributed by atoms with van der Waals surface area (Å²) >= 11 is 0. The molecule has 68 heavy (non-hydrogen) atoms. The first-order valence-electron chi connectivity index (χ1n) is 23.3. The van der Waals surface area contributed by atoms with Crippen LogP contribution in [0.4, 0.5) is 0 Å². The van der Waals surface area contributed by atoms with Crippen LogP contribution in [0.15, 0.2) is 79.0 Å². The lowest BCUT2D eigenvalue weighted by Gasteiger charge is -2.32. The van der Waals surface area contributed by atoms with Crippen LogP contribution < -0.4 is 31.9 Å². The molecule has 0 unspecified atom stereocenters. The van der Waals surface area contributed by atoms with Gasteiger partial charge in [0.25, 0.3) is 0 Å². The second-order valence-corrected chi connectivity index (χ2v) is 18.1. The van der Waals surface area contributed by atoms with Gasteiger partial charge in [0.1, 0.15) is 36.3 Å². The van der Waals surface area contributed by atoms with Gasteiger partial charge in [-0.3, -0.25) is 33.6 Å². The molecule has 0 radical (unpaired) electrons. The number of H-pyrrole nitrogens is 1. The number of aromatic nitrogens is 1. The number of aliphatic carboxylic acids is 2. The molecule has 1 aliphatic rings. The molecule has 1 heterocycles. The van der Waals surface area contributed by atoms with Crippen LogP contribution in [-0.4, -0.2) is 98.8 Å². The fourth-order valence-corrected chi connectivity index (χ4v) is 8.75. The van der Waals surface area contributed by atoms with Gasteiger partial charge in [-0.1, -0.05) is 121 Å². The number of nitrogens with one attached hydrogen (secondary N) is 7. The highest BCUT2D eigenvalue weighted by molar-refractivity contribution is 5.98. The zero-order valence-electron chi connectivity index (χ0n) is 39.7. The molecule has 3 aromatic carbocycles. The summed E-state index contributed by atoms with van der Waals surface area (Å²) in [5.74, 6) is -9.57. The van der Waals surface area contributed by atoms with Gasteiger partial charge in [-0.05, 0) is 64.5 Å². The van der Waals surface area contributed by atoms with Crippen LogP contribution in [0.3, 0.4) is 0 Å². The first-order chi connectivity index (χ1) is 32.3. The number of carboxylic acid groups (broad SMARTS) is 2. The number of hydrogen-bond donors (Lipinski definition) is 9. The molecule has 0 saturated heterocycles. The monoisotopic (exact) mass is 935 g/mol. The molecule has 17 nitrogen and oxygen atoms in total. The fraction of sp³-hybridized carbons (Fsp3) is 0.451. The first-order valence-corrected chi connectivity index (χ1v) is 23.3. The summed E-state index contributed by atoms with van der Waals surface area (Å²) in [7, 11) is 0. The van der Waals surface area contributed by atoms with E-state index in [1.54, 1.807) is 47.7 Å². The maximum Gasteiger partial charge on any atom is 0.326 e. The molecule has 1 aliphatic carbocycles. The molecule has 0 saturated carbocycles. The summed E-state index contributed by atoms with van der Waals surface area (Å²) in [6, 6.07) is 14.6. The third-order valence-electron chi connectivity index (χ3n) is 13.0. The summed E-state index contributed by atoms with van der Waals surface area (Å²) in [4.78, 5) is 111. The summed E-state index contributed by atoms with van der Waals surface area (Å²) in [5, 5.41) is 36.9. The van der Waals surface area contributed by atoms with Crippen molar-refractivity contribution in [2.24, 2.45) is 17.8 Å². The average molecular weight is 936 g/mol. The normalized spacial score (nSPS) is 15.9. The minimum absolute atomic E-state index is 0.0463. The molecule has 17 heteroatoms. The average Bonchev–Trinajstić information content (AvgIpc) is 3.63. The van der Waals surface area contributed by atoms with Crippen molar-refractivity contribution in [3.8, 4) is 0 Å². The van der Waals surface area contributed by atoms with Crippen LogP contribution in [0.25, 0.3) is 10.9 Å². The number of rotatable bonds is 22. The highest BCUT2D eigenvalue weighted by Gasteiger charge is 2.40. The number of amides is 6. The van der Waals surface area contributed by atoms with Gasteiger partial charge < -0.3 is 47.1 Å². The van der Waals surface area contributed by atoms with Gasteiger partial charge in [0.15, 0.2) is 0 Å². The van der Waals surface area contributed by atoms with E-state index >= 15 is 0 Å². The fourth-order valence-electron chi connectivity index (χ4n) is 8.75. The van der Waals surface area contributed by atoms with Crippen LogP contribution >= 0.6 is 0 Å². The van der Waals surface area contributed by atoms with Crippen LogP contribution in [0, 0.1) is 17.8 Å². The highest BCUT2D eigenvalue weighted by atomic mass is 16.4. The number of carboxylic acids is 2. The van der Waals surface area contributed by atoms with E-state index in [9.17, 15) is 48.6 Å². The second-order valence-electron chi connectivity index (χ2n) is 18.1. The van der Waals surface area contributed by atoms with Gasteiger partial charge in [-0.2, -0.15) is 0 Å². The topological polar surface area (TPSA) is 265 Å². The molecule has 0 bridgehead atoms. The largest absolute Gasteiger partial charge is 0.481 e. The van der Waals surface area contributed by atoms with Crippen LogP contribution in [-0.2, 0) is 57.6 Å². The molecular weight excluding hydrogens is 871 g/mol. The number of carbonyl (C=O) groups is 8. The van der Waals surface area contributed by atoms with Gasteiger partial charge in [-0.15, -0.1) is 0 Å². The second kappa shape index (κ2) is 23.6. The minimum atomic E-state index is -1.72. The summed E-state index contributed by atoms with van der Waals surface area (Å²) < 4.78 is 0.